The first-order chi connectivity index (χ1) is 15.2. The number of pyridine rings is 1. The zero-order valence-electron chi connectivity index (χ0n) is 16.7. The molecule has 0 saturated heterocycles. The first kappa shape index (κ1) is 18.2. The van der Waals surface area contributed by atoms with Crippen LogP contribution in [0.5, 0.6) is 5.75 Å². The van der Waals surface area contributed by atoms with E-state index < -0.39 is 0 Å². The van der Waals surface area contributed by atoms with Crippen molar-refractivity contribution in [2.45, 2.75) is 19.1 Å². The Morgan fingerprint density at radius 2 is 1.94 bits per heavy atom. The Morgan fingerprint density at radius 3 is 2.74 bits per heavy atom. The van der Waals surface area contributed by atoms with Crippen LogP contribution >= 0.6 is 11.6 Å². The summed E-state index contributed by atoms with van der Waals surface area (Å²) in [5, 5.41) is 8.73. The van der Waals surface area contributed by atoms with Gasteiger partial charge >= 0.3 is 0 Å². The Kier molecular flexibility index (Phi) is 4.07. The van der Waals surface area contributed by atoms with Gasteiger partial charge in [0.15, 0.2) is 0 Å². The summed E-state index contributed by atoms with van der Waals surface area (Å²) in [5.41, 5.74) is 6.27. The topological polar surface area (TPSA) is 64.9 Å². The smallest absolute Gasteiger partial charge is 0.226 e. The molecule has 2 atom stereocenters. The molecule has 0 bridgehead atoms. The van der Waals surface area contributed by atoms with Gasteiger partial charge < -0.3 is 10.1 Å². The van der Waals surface area contributed by atoms with Crippen LogP contribution in [0.2, 0.25) is 5.02 Å². The fraction of sp³-hybridized carbons (Fsp3) is 0.125. The summed E-state index contributed by atoms with van der Waals surface area (Å²) < 4.78 is 8.49. The zero-order chi connectivity index (χ0) is 20.9. The SMILES string of the molecule is Cc1ccc2c(c1)C1=C(C(c3ccc(Cl)cc3)O2)C(c2cccnc2)n2ncnc2N1. The molecule has 7 heteroatoms. The second kappa shape index (κ2) is 6.96. The van der Waals surface area contributed by atoms with Gasteiger partial charge in [-0.25, -0.2) is 4.68 Å². The maximum absolute atomic E-state index is 6.60. The van der Waals surface area contributed by atoms with E-state index in [2.05, 4.69) is 45.5 Å². The normalized spacial score (nSPS) is 19.0. The largest absolute Gasteiger partial charge is 0.480 e. The van der Waals surface area contributed by atoms with Gasteiger partial charge in [-0.05, 0) is 48.4 Å². The number of rotatable bonds is 2. The summed E-state index contributed by atoms with van der Waals surface area (Å²) >= 11 is 6.17. The molecule has 31 heavy (non-hydrogen) atoms. The number of anilines is 1. The van der Waals surface area contributed by atoms with Crippen LogP contribution < -0.4 is 10.1 Å². The van der Waals surface area contributed by atoms with Crippen LogP contribution in [0.4, 0.5) is 5.95 Å². The average Bonchev–Trinajstić information content (AvgIpc) is 3.27. The van der Waals surface area contributed by atoms with Gasteiger partial charge in [0.05, 0.1) is 5.70 Å². The van der Waals surface area contributed by atoms with Crippen LogP contribution in [0.1, 0.15) is 34.4 Å². The number of aromatic nitrogens is 4. The standard InChI is InChI=1S/C24H18ClN5O/c1-14-4-9-19-18(11-14)21-20(23(31-19)15-5-7-17(25)8-6-15)22(16-3-2-10-26-12-16)30-24(29-21)27-13-28-30/h2-13,22-23H,1H3,(H,27,28,29). The van der Waals surface area contributed by atoms with E-state index in [9.17, 15) is 0 Å². The molecule has 0 spiro atoms. The average molecular weight is 428 g/mol. The Morgan fingerprint density at radius 1 is 1.06 bits per heavy atom. The van der Waals surface area contributed by atoms with Crippen molar-refractivity contribution in [3.63, 3.8) is 0 Å². The number of nitrogens with one attached hydrogen (secondary N) is 1. The minimum atomic E-state index is -0.322. The van der Waals surface area contributed by atoms with Gasteiger partial charge in [0.25, 0.3) is 0 Å². The Balaban J connectivity index is 1.64. The molecule has 2 aromatic carbocycles. The van der Waals surface area contributed by atoms with Crippen LogP contribution in [-0.4, -0.2) is 19.7 Å². The monoisotopic (exact) mass is 427 g/mol. The molecule has 2 aromatic heterocycles. The van der Waals surface area contributed by atoms with Gasteiger partial charge in [-0.15, -0.1) is 0 Å². The van der Waals surface area contributed by atoms with Crippen LogP contribution in [0, 0.1) is 6.92 Å². The van der Waals surface area contributed by atoms with Gasteiger partial charge in [0.2, 0.25) is 5.95 Å². The first-order valence-electron chi connectivity index (χ1n) is 10.0. The number of aryl methyl sites for hydroxylation is 1. The Bertz CT molecular complexity index is 1310. The lowest BCUT2D eigenvalue weighted by Gasteiger charge is -2.39. The minimum Gasteiger partial charge on any atom is -0.480 e. The van der Waals surface area contributed by atoms with Crippen molar-refractivity contribution in [1.82, 2.24) is 19.7 Å². The molecule has 2 aliphatic heterocycles. The van der Waals surface area contributed by atoms with Crippen molar-refractivity contribution in [1.29, 1.82) is 0 Å². The van der Waals surface area contributed by atoms with E-state index in [1.165, 1.54) is 0 Å². The molecule has 4 aromatic rings. The third-order valence-electron chi connectivity index (χ3n) is 5.74. The molecule has 2 unspecified atom stereocenters. The minimum absolute atomic E-state index is 0.211. The summed E-state index contributed by atoms with van der Waals surface area (Å²) in [4.78, 5) is 8.82. The molecule has 6 rings (SSSR count). The number of hydrogen-bond donors (Lipinski definition) is 1. The van der Waals surface area contributed by atoms with Gasteiger partial charge in [-0.2, -0.15) is 10.1 Å². The summed E-state index contributed by atoms with van der Waals surface area (Å²) in [6.07, 6.45) is 4.89. The van der Waals surface area contributed by atoms with Gasteiger partial charge in [0.1, 0.15) is 24.2 Å². The second-order valence-electron chi connectivity index (χ2n) is 7.72. The molecule has 152 valence electrons. The quantitative estimate of drug-likeness (QED) is 0.476. The Hall–Kier alpha value is -3.64. The zero-order valence-corrected chi connectivity index (χ0v) is 17.4. The van der Waals surface area contributed by atoms with Crippen LogP contribution in [0.3, 0.4) is 0 Å². The van der Waals surface area contributed by atoms with E-state index in [1.54, 1.807) is 12.5 Å². The number of ether oxygens (including phenoxy) is 1. The second-order valence-corrected chi connectivity index (χ2v) is 8.16. The van der Waals surface area contributed by atoms with E-state index >= 15 is 0 Å². The molecule has 6 nitrogen and oxygen atoms in total. The van der Waals surface area contributed by atoms with Gasteiger partial charge in [-0.3, -0.25) is 4.98 Å². The lowest BCUT2D eigenvalue weighted by molar-refractivity contribution is 0.223. The molecule has 0 saturated carbocycles. The summed E-state index contributed by atoms with van der Waals surface area (Å²) in [7, 11) is 0. The molecule has 4 heterocycles. The molecule has 0 amide bonds. The highest BCUT2D eigenvalue weighted by Crippen LogP contribution is 2.50. The molecule has 1 N–H and O–H groups in total. The number of hydrogen-bond acceptors (Lipinski definition) is 5. The van der Waals surface area contributed by atoms with Crippen molar-refractivity contribution in [3.05, 3.63) is 106 Å². The number of nitrogens with zero attached hydrogens (tertiary/aromatic N) is 4. The third-order valence-corrected chi connectivity index (χ3v) is 5.99. The van der Waals surface area contributed by atoms with Gasteiger partial charge in [-0.1, -0.05) is 41.4 Å². The lowest BCUT2D eigenvalue weighted by atomic mass is 9.85. The summed E-state index contributed by atoms with van der Waals surface area (Å²) in [6.45, 7) is 2.08. The van der Waals surface area contributed by atoms with Crippen molar-refractivity contribution >= 4 is 23.2 Å². The molecule has 0 radical (unpaired) electrons. The summed E-state index contributed by atoms with van der Waals surface area (Å²) in [6, 6.07) is 17.8. The number of benzene rings is 2. The van der Waals surface area contributed by atoms with E-state index in [1.807, 2.05) is 47.3 Å². The van der Waals surface area contributed by atoms with Crippen LogP contribution in [0.25, 0.3) is 5.70 Å². The van der Waals surface area contributed by atoms with Crippen molar-refractivity contribution in [2.75, 3.05) is 5.32 Å². The maximum atomic E-state index is 6.60. The molecule has 0 fully saturated rings. The molecular formula is C24H18ClN5O. The van der Waals surface area contributed by atoms with E-state index in [0.29, 0.717) is 11.0 Å². The predicted octanol–water partition coefficient (Wildman–Crippen LogP) is 5.19. The molecule has 0 aliphatic carbocycles. The molecular weight excluding hydrogens is 410 g/mol. The van der Waals surface area contributed by atoms with Crippen molar-refractivity contribution < 1.29 is 4.74 Å². The maximum Gasteiger partial charge on any atom is 0.226 e. The highest BCUT2D eigenvalue weighted by Gasteiger charge is 2.41. The highest BCUT2D eigenvalue weighted by atomic mass is 35.5. The lowest BCUT2D eigenvalue weighted by Crippen LogP contribution is -2.32. The summed E-state index contributed by atoms with van der Waals surface area (Å²) in [5.74, 6) is 1.52. The van der Waals surface area contributed by atoms with E-state index in [0.717, 1.165) is 39.3 Å². The van der Waals surface area contributed by atoms with Gasteiger partial charge in [0, 0.05) is 28.6 Å². The van der Waals surface area contributed by atoms with Crippen molar-refractivity contribution in [3.8, 4) is 5.75 Å². The highest BCUT2D eigenvalue weighted by molar-refractivity contribution is 6.30. The third kappa shape index (κ3) is 2.91. The van der Waals surface area contributed by atoms with Crippen LogP contribution in [0.15, 0.2) is 78.9 Å². The first-order valence-corrected chi connectivity index (χ1v) is 10.4. The van der Waals surface area contributed by atoms with E-state index in [-0.39, 0.29) is 12.1 Å². The molecule has 2 aliphatic rings. The van der Waals surface area contributed by atoms with Crippen LogP contribution in [-0.2, 0) is 0 Å². The predicted molar refractivity (Wildman–Crippen MR) is 119 cm³/mol. The van der Waals surface area contributed by atoms with E-state index in [4.69, 9.17) is 16.3 Å². The Labute approximate surface area is 184 Å². The fourth-order valence-electron chi connectivity index (χ4n) is 4.35. The number of halogens is 1. The van der Waals surface area contributed by atoms with Crippen molar-refractivity contribution in [2.24, 2.45) is 0 Å². The fourth-order valence-corrected chi connectivity index (χ4v) is 4.48. The number of fused-ring (bicyclic) bond motifs is 3.